The summed E-state index contributed by atoms with van der Waals surface area (Å²) in [5, 5.41) is 2.84. The van der Waals surface area contributed by atoms with Crippen LogP contribution in [-0.2, 0) is 4.79 Å². The van der Waals surface area contributed by atoms with Gasteiger partial charge in [0.15, 0.2) is 0 Å². The topological polar surface area (TPSA) is 49.4 Å². The minimum atomic E-state index is -0.199. The van der Waals surface area contributed by atoms with Gasteiger partial charge in [-0.2, -0.15) is 0 Å². The zero-order valence-corrected chi connectivity index (χ0v) is 19.1. The lowest BCUT2D eigenvalue weighted by Crippen LogP contribution is -2.29. The molecule has 30 heavy (non-hydrogen) atoms. The second kappa shape index (κ2) is 8.66. The Morgan fingerprint density at radius 1 is 1.07 bits per heavy atom. The number of hydrogen-bond donors (Lipinski definition) is 1. The molecule has 0 bridgehead atoms. The molecule has 1 unspecified atom stereocenters. The molecule has 4 nitrogen and oxygen atoms in total. The highest BCUT2D eigenvalue weighted by atomic mass is 79.9. The summed E-state index contributed by atoms with van der Waals surface area (Å²) in [6.45, 7) is 4.07. The first kappa shape index (κ1) is 20.7. The molecule has 1 aliphatic rings. The monoisotopic (exact) mass is 480 g/mol. The fourth-order valence-corrected chi connectivity index (χ4v) is 5.32. The molecule has 1 saturated heterocycles. The standard InChI is InChI=1S/C24H21BrN2O2S/c1-15-11-12-21(16(2)13-15)27-22(28)14-30-24(27)18-8-4-6-10-20(18)26-23(29)17-7-3-5-9-19(17)25/h3-13,24H,14H2,1-2H3,(H,26,29). The second-order valence-corrected chi connectivity index (χ2v) is 9.16. The third kappa shape index (κ3) is 4.02. The van der Waals surface area contributed by atoms with Crippen LogP contribution in [0.1, 0.15) is 32.4 Å². The van der Waals surface area contributed by atoms with Gasteiger partial charge in [-0.15, -0.1) is 11.8 Å². The van der Waals surface area contributed by atoms with E-state index in [4.69, 9.17) is 0 Å². The number of halogens is 1. The van der Waals surface area contributed by atoms with Crippen molar-refractivity contribution in [2.75, 3.05) is 16.0 Å². The van der Waals surface area contributed by atoms with E-state index in [9.17, 15) is 9.59 Å². The summed E-state index contributed by atoms with van der Waals surface area (Å²) in [6.07, 6.45) is 0. The molecule has 0 aromatic heterocycles. The van der Waals surface area contributed by atoms with Crippen molar-refractivity contribution in [2.45, 2.75) is 19.2 Å². The Bertz CT molecular complexity index is 1130. The number of carbonyl (C=O) groups excluding carboxylic acids is 2. The van der Waals surface area contributed by atoms with Gasteiger partial charge in [-0.05, 0) is 59.6 Å². The van der Waals surface area contributed by atoms with Gasteiger partial charge in [-0.1, -0.05) is 48.0 Å². The van der Waals surface area contributed by atoms with Gasteiger partial charge in [0.2, 0.25) is 5.91 Å². The van der Waals surface area contributed by atoms with Crippen LogP contribution in [0.3, 0.4) is 0 Å². The molecule has 0 spiro atoms. The number of anilines is 2. The SMILES string of the molecule is Cc1ccc(N2C(=O)CSC2c2ccccc2NC(=O)c2ccccc2Br)c(C)c1. The van der Waals surface area contributed by atoms with E-state index in [2.05, 4.69) is 27.3 Å². The largest absolute Gasteiger partial charge is 0.322 e. The lowest BCUT2D eigenvalue weighted by molar-refractivity contribution is -0.115. The normalized spacial score (nSPS) is 16.0. The van der Waals surface area contributed by atoms with E-state index in [1.54, 1.807) is 17.8 Å². The smallest absolute Gasteiger partial charge is 0.256 e. The van der Waals surface area contributed by atoms with E-state index in [1.165, 1.54) is 0 Å². The van der Waals surface area contributed by atoms with Crippen molar-refractivity contribution >= 4 is 50.9 Å². The van der Waals surface area contributed by atoms with Crippen LogP contribution in [0.25, 0.3) is 0 Å². The third-order valence-electron chi connectivity index (χ3n) is 5.07. The number of thioether (sulfide) groups is 1. The maximum absolute atomic E-state index is 12.9. The molecule has 3 aromatic rings. The summed E-state index contributed by atoms with van der Waals surface area (Å²) < 4.78 is 0.738. The molecule has 0 radical (unpaired) electrons. The molecule has 4 rings (SSSR count). The quantitative estimate of drug-likeness (QED) is 0.490. The van der Waals surface area contributed by atoms with Crippen LogP contribution in [0.15, 0.2) is 71.2 Å². The van der Waals surface area contributed by atoms with Crippen LogP contribution in [0, 0.1) is 13.8 Å². The molecule has 1 atom stereocenters. The maximum Gasteiger partial charge on any atom is 0.256 e. The molecular formula is C24H21BrN2O2S. The summed E-state index contributed by atoms with van der Waals surface area (Å²) in [7, 11) is 0. The zero-order valence-electron chi connectivity index (χ0n) is 16.7. The molecule has 1 N–H and O–H groups in total. The number of aryl methyl sites for hydroxylation is 2. The van der Waals surface area contributed by atoms with Crippen molar-refractivity contribution in [3.05, 3.63) is 93.5 Å². The number of amides is 2. The number of rotatable bonds is 4. The van der Waals surface area contributed by atoms with Crippen LogP contribution in [0.2, 0.25) is 0 Å². The predicted molar refractivity (Wildman–Crippen MR) is 127 cm³/mol. The first-order valence-electron chi connectivity index (χ1n) is 9.61. The summed E-state index contributed by atoms with van der Waals surface area (Å²) in [5.74, 6) is 0.288. The first-order chi connectivity index (χ1) is 14.5. The summed E-state index contributed by atoms with van der Waals surface area (Å²) in [6, 6.07) is 21.1. The Labute approximate surface area is 188 Å². The first-order valence-corrected chi connectivity index (χ1v) is 11.5. The van der Waals surface area contributed by atoms with Crippen molar-refractivity contribution in [2.24, 2.45) is 0 Å². The molecule has 3 aromatic carbocycles. The van der Waals surface area contributed by atoms with Gasteiger partial charge in [0.1, 0.15) is 5.37 Å². The number of nitrogens with one attached hydrogen (secondary N) is 1. The molecule has 152 valence electrons. The zero-order chi connectivity index (χ0) is 21.3. The number of benzene rings is 3. The molecule has 1 heterocycles. The van der Waals surface area contributed by atoms with Crippen molar-refractivity contribution < 1.29 is 9.59 Å². The Morgan fingerprint density at radius 3 is 2.57 bits per heavy atom. The van der Waals surface area contributed by atoms with Crippen molar-refractivity contribution in [3.63, 3.8) is 0 Å². The van der Waals surface area contributed by atoms with E-state index in [0.717, 1.165) is 26.9 Å². The van der Waals surface area contributed by atoms with E-state index in [0.29, 0.717) is 17.0 Å². The Hall–Kier alpha value is -2.57. The van der Waals surface area contributed by atoms with Crippen LogP contribution in [0.5, 0.6) is 0 Å². The van der Waals surface area contributed by atoms with Gasteiger partial charge in [0, 0.05) is 21.4 Å². The average Bonchev–Trinajstić information content (AvgIpc) is 3.10. The van der Waals surface area contributed by atoms with Gasteiger partial charge in [-0.25, -0.2) is 0 Å². The number of carbonyl (C=O) groups is 2. The van der Waals surface area contributed by atoms with Crippen molar-refractivity contribution in [1.29, 1.82) is 0 Å². The van der Waals surface area contributed by atoms with E-state index in [-0.39, 0.29) is 17.2 Å². The Kier molecular flexibility index (Phi) is 5.97. The lowest BCUT2D eigenvalue weighted by Gasteiger charge is -2.27. The van der Waals surface area contributed by atoms with Crippen molar-refractivity contribution in [1.82, 2.24) is 0 Å². The highest BCUT2D eigenvalue weighted by Crippen LogP contribution is 2.45. The summed E-state index contributed by atoms with van der Waals surface area (Å²) in [5.41, 5.74) is 5.31. The fraction of sp³-hybridized carbons (Fsp3) is 0.167. The summed E-state index contributed by atoms with van der Waals surface area (Å²) in [4.78, 5) is 27.5. The third-order valence-corrected chi connectivity index (χ3v) is 6.96. The predicted octanol–water partition coefficient (Wildman–Crippen LogP) is 6.10. The van der Waals surface area contributed by atoms with E-state index >= 15 is 0 Å². The van der Waals surface area contributed by atoms with Crippen LogP contribution in [-0.4, -0.2) is 17.6 Å². The Balaban J connectivity index is 1.69. The van der Waals surface area contributed by atoms with Crippen LogP contribution in [0.4, 0.5) is 11.4 Å². The highest BCUT2D eigenvalue weighted by molar-refractivity contribution is 9.10. The van der Waals surface area contributed by atoms with E-state index < -0.39 is 0 Å². The Morgan fingerprint density at radius 2 is 1.80 bits per heavy atom. The highest BCUT2D eigenvalue weighted by Gasteiger charge is 2.36. The molecule has 6 heteroatoms. The van der Waals surface area contributed by atoms with Crippen LogP contribution < -0.4 is 10.2 Å². The fourth-order valence-electron chi connectivity index (χ4n) is 3.65. The number of nitrogens with zero attached hydrogens (tertiary/aromatic N) is 1. The number of para-hydroxylation sites is 1. The summed E-state index contributed by atoms with van der Waals surface area (Å²) >= 11 is 5.01. The van der Waals surface area contributed by atoms with Gasteiger partial charge in [-0.3, -0.25) is 14.5 Å². The molecule has 0 aliphatic carbocycles. The van der Waals surface area contributed by atoms with Gasteiger partial charge >= 0.3 is 0 Å². The molecular weight excluding hydrogens is 460 g/mol. The molecule has 1 aliphatic heterocycles. The maximum atomic E-state index is 12.9. The minimum Gasteiger partial charge on any atom is -0.322 e. The second-order valence-electron chi connectivity index (χ2n) is 7.24. The van der Waals surface area contributed by atoms with Gasteiger partial charge in [0.25, 0.3) is 5.91 Å². The van der Waals surface area contributed by atoms with Gasteiger partial charge < -0.3 is 5.32 Å². The van der Waals surface area contributed by atoms with E-state index in [1.807, 2.05) is 73.3 Å². The number of hydrogen-bond acceptors (Lipinski definition) is 3. The molecule has 2 amide bonds. The lowest BCUT2D eigenvalue weighted by atomic mass is 10.1. The van der Waals surface area contributed by atoms with Gasteiger partial charge in [0.05, 0.1) is 11.3 Å². The van der Waals surface area contributed by atoms with Crippen molar-refractivity contribution in [3.8, 4) is 0 Å². The molecule has 0 saturated carbocycles. The average molecular weight is 481 g/mol. The van der Waals surface area contributed by atoms with Crippen LogP contribution >= 0.6 is 27.7 Å². The minimum absolute atomic E-state index is 0.0730. The molecule has 1 fully saturated rings.